The molecule has 1 fully saturated rings. The van der Waals surface area contributed by atoms with Crippen LogP contribution in [0.1, 0.15) is 25.0 Å². The van der Waals surface area contributed by atoms with Crippen molar-refractivity contribution in [3.05, 3.63) is 35.4 Å². The van der Waals surface area contributed by atoms with Gasteiger partial charge in [-0.2, -0.15) is 0 Å². The van der Waals surface area contributed by atoms with E-state index < -0.39 is 6.03 Å². The first-order chi connectivity index (χ1) is 11.9. The minimum atomic E-state index is -0.430. The van der Waals surface area contributed by atoms with Crippen molar-refractivity contribution in [1.29, 1.82) is 0 Å². The van der Waals surface area contributed by atoms with Crippen molar-refractivity contribution in [3.63, 3.8) is 0 Å². The highest BCUT2D eigenvalue weighted by atomic mass is 16.2. The molecular formula is C18H26N4O3. The molecule has 0 radical (unpaired) electrons. The summed E-state index contributed by atoms with van der Waals surface area (Å²) in [5.41, 5.74) is 2.21. The molecule has 7 heteroatoms. The van der Waals surface area contributed by atoms with E-state index >= 15 is 0 Å². The summed E-state index contributed by atoms with van der Waals surface area (Å²) in [5.74, 6) is -0.687. The fraction of sp³-hybridized carbons (Fsp3) is 0.500. The zero-order valence-electron chi connectivity index (χ0n) is 15.1. The monoisotopic (exact) mass is 346 g/mol. The maximum Gasteiger partial charge on any atom is 0.327 e. The quantitative estimate of drug-likeness (QED) is 0.714. The summed E-state index contributed by atoms with van der Waals surface area (Å²) in [6.07, 6.45) is 0. The lowest BCUT2D eigenvalue weighted by molar-refractivity contribution is -0.130. The Morgan fingerprint density at radius 1 is 1.12 bits per heavy atom. The van der Waals surface area contributed by atoms with Gasteiger partial charge in [0, 0.05) is 20.1 Å². The molecule has 1 N–H and O–H groups in total. The van der Waals surface area contributed by atoms with Crippen molar-refractivity contribution < 1.29 is 14.4 Å². The summed E-state index contributed by atoms with van der Waals surface area (Å²) in [7, 11) is 1.54. The maximum absolute atomic E-state index is 12.0. The molecule has 4 amide bonds. The van der Waals surface area contributed by atoms with Gasteiger partial charge in [-0.25, -0.2) is 4.79 Å². The summed E-state index contributed by atoms with van der Waals surface area (Å²) in [4.78, 5) is 40.0. The van der Waals surface area contributed by atoms with Gasteiger partial charge in [0.05, 0.1) is 0 Å². The van der Waals surface area contributed by atoms with Crippen LogP contribution in [0.2, 0.25) is 0 Å². The van der Waals surface area contributed by atoms with Gasteiger partial charge >= 0.3 is 6.03 Å². The first-order valence-electron chi connectivity index (χ1n) is 8.56. The number of carbonyl (C=O) groups excluding carboxylic acids is 3. The van der Waals surface area contributed by atoms with E-state index in [0.717, 1.165) is 30.1 Å². The summed E-state index contributed by atoms with van der Waals surface area (Å²) in [6, 6.07) is 7.66. The topological polar surface area (TPSA) is 73.0 Å². The maximum atomic E-state index is 12.0. The van der Waals surface area contributed by atoms with Crippen molar-refractivity contribution in [2.75, 3.05) is 33.2 Å². The molecule has 1 aromatic carbocycles. The third-order valence-corrected chi connectivity index (χ3v) is 4.35. The second kappa shape index (κ2) is 8.62. The van der Waals surface area contributed by atoms with Crippen molar-refractivity contribution in [3.8, 4) is 0 Å². The lowest BCUT2D eigenvalue weighted by atomic mass is 10.1. The molecule has 1 aliphatic rings. The van der Waals surface area contributed by atoms with Gasteiger partial charge in [0.25, 0.3) is 5.91 Å². The molecule has 1 heterocycles. The van der Waals surface area contributed by atoms with Crippen molar-refractivity contribution in [2.45, 2.75) is 26.9 Å². The van der Waals surface area contributed by atoms with E-state index in [1.54, 1.807) is 0 Å². The Morgan fingerprint density at radius 3 is 2.24 bits per heavy atom. The predicted molar refractivity (Wildman–Crippen MR) is 94.7 cm³/mol. The number of hydrogen-bond acceptors (Lipinski definition) is 4. The van der Waals surface area contributed by atoms with E-state index in [9.17, 15) is 14.4 Å². The van der Waals surface area contributed by atoms with Gasteiger partial charge < -0.3 is 10.2 Å². The van der Waals surface area contributed by atoms with Crippen molar-refractivity contribution >= 4 is 17.8 Å². The Balaban J connectivity index is 1.82. The van der Waals surface area contributed by atoms with Gasteiger partial charge in [-0.3, -0.25) is 19.4 Å². The van der Waals surface area contributed by atoms with E-state index in [1.807, 2.05) is 12.1 Å². The second-order valence-corrected chi connectivity index (χ2v) is 6.17. The molecule has 0 aromatic heterocycles. The van der Waals surface area contributed by atoms with Crippen LogP contribution < -0.4 is 5.32 Å². The number of imide groups is 1. The normalized spacial score (nSPS) is 14.6. The zero-order chi connectivity index (χ0) is 18.4. The smallest absolute Gasteiger partial charge is 0.327 e. The molecule has 0 unspecified atom stereocenters. The Bertz CT molecular complexity index is 626. The number of nitrogens with zero attached hydrogens (tertiary/aromatic N) is 3. The van der Waals surface area contributed by atoms with Gasteiger partial charge in [-0.1, -0.05) is 38.1 Å². The summed E-state index contributed by atoms with van der Waals surface area (Å²) in [6.45, 7) is 7.38. The van der Waals surface area contributed by atoms with E-state index in [-0.39, 0.29) is 24.9 Å². The second-order valence-electron chi connectivity index (χ2n) is 6.17. The number of hydrogen-bond donors (Lipinski definition) is 1. The van der Waals surface area contributed by atoms with Crippen LogP contribution in [-0.2, 0) is 22.7 Å². The van der Waals surface area contributed by atoms with Crippen molar-refractivity contribution in [2.24, 2.45) is 0 Å². The van der Waals surface area contributed by atoms with Gasteiger partial charge in [0.1, 0.15) is 13.1 Å². The van der Waals surface area contributed by atoms with Gasteiger partial charge in [0.15, 0.2) is 0 Å². The van der Waals surface area contributed by atoms with Gasteiger partial charge in [-0.05, 0) is 24.2 Å². The fourth-order valence-corrected chi connectivity index (χ4v) is 2.69. The third kappa shape index (κ3) is 5.03. The summed E-state index contributed by atoms with van der Waals surface area (Å²) in [5, 5.41) is 2.75. The predicted octanol–water partition coefficient (Wildman–Crippen LogP) is 1.04. The Morgan fingerprint density at radius 2 is 1.72 bits per heavy atom. The first-order valence-corrected chi connectivity index (χ1v) is 8.56. The number of urea groups is 1. The average Bonchev–Trinajstić information content (AvgIpc) is 2.85. The lowest BCUT2D eigenvalue weighted by Crippen LogP contribution is -2.40. The highest BCUT2D eigenvalue weighted by molar-refractivity contribution is 6.04. The van der Waals surface area contributed by atoms with Crippen LogP contribution in [0.5, 0.6) is 0 Å². The summed E-state index contributed by atoms with van der Waals surface area (Å²) >= 11 is 0. The highest BCUT2D eigenvalue weighted by Crippen LogP contribution is 2.09. The highest BCUT2D eigenvalue weighted by Gasteiger charge is 2.34. The minimum absolute atomic E-state index is 0.0279. The van der Waals surface area contributed by atoms with Crippen molar-refractivity contribution in [1.82, 2.24) is 20.0 Å². The minimum Gasteiger partial charge on any atom is -0.350 e. The number of nitrogens with one attached hydrogen (secondary N) is 1. The molecule has 2 rings (SSSR count). The van der Waals surface area contributed by atoms with Crippen LogP contribution in [0.4, 0.5) is 4.79 Å². The number of carbonyl (C=O) groups is 3. The standard InChI is InChI=1S/C18H26N4O3/c1-4-21(5-2)11-15-8-6-14(7-9-15)10-19-16(23)12-22-17(24)13-20(3)18(22)25/h6-9H,4-5,10-13H2,1-3H3,(H,19,23). The molecule has 1 saturated heterocycles. The average molecular weight is 346 g/mol. The van der Waals surface area contributed by atoms with Crippen LogP contribution in [0, 0.1) is 0 Å². The third-order valence-electron chi connectivity index (χ3n) is 4.35. The Kier molecular flexibility index (Phi) is 6.52. The SMILES string of the molecule is CCN(CC)Cc1ccc(CNC(=O)CN2C(=O)CN(C)C2=O)cc1. The van der Waals surface area contributed by atoms with E-state index in [2.05, 4.69) is 36.2 Å². The van der Waals surface area contributed by atoms with Gasteiger partial charge in [0.2, 0.25) is 5.91 Å². The molecule has 1 aromatic rings. The zero-order valence-corrected chi connectivity index (χ0v) is 15.1. The molecule has 0 spiro atoms. The number of likely N-dealkylation sites (N-methyl/N-ethyl adjacent to an activating group) is 1. The molecule has 0 saturated carbocycles. The van der Waals surface area contributed by atoms with Crippen LogP contribution in [0.3, 0.4) is 0 Å². The molecule has 136 valence electrons. The van der Waals surface area contributed by atoms with E-state index in [1.165, 1.54) is 17.5 Å². The van der Waals surface area contributed by atoms with Crippen LogP contribution in [0.15, 0.2) is 24.3 Å². The molecule has 25 heavy (non-hydrogen) atoms. The summed E-state index contributed by atoms with van der Waals surface area (Å²) < 4.78 is 0. The number of rotatable bonds is 8. The Hall–Kier alpha value is -2.41. The fourth-order valence-electron chi connectivity index (χ4n) is 2.69. The van der Waals surface area contributed by atoms with E-state index in [4.69, 9.17) is 0 Å². The molecule has 0 aliphatic carbocycles. The molecular weight excluding hydrogens is 320 g/mol. The van der Waals surface area contributed by atoms with E-state index in [0.29, 0.717) is 6.54 Å². The molecule has 0 atom stereocenters. The number of benzene rings is 1. The first kappa shape index (κ1) is 18.9. The largest absolute Gasteiger partial charge is 0.350 e. The lowest BCUT2D eigenvalue weighted by Gasteiger charge is -2.18. The molecule has 7 nitrogen and oxygen atoms in total. The Labute approximate surface area is 148 Å². The van der Waals surface area contributed by atoms with Crippen LogP contribution >= 0.6 is 0 Å². The van der Waals surface area contributed by atoms with Crippen LogP contribution in [0.25, 0.3) is 0 Å². The molecule has 0 bridgehead atoms. The number of amides is 4. The van der Waals surface area contributed by atoms with Gasteiger partial charge in [-0.15, -0.1) is 0 Å². The van der Waals surface area contributed by atoms with Crippen LogP contribution in [-0.4, -0.2) is 65.8 Å². The molecule has 1 aliphatic heterocycles.